The number of carboxylic acids is 1. The van der Waals surface area contributed by atoms with Crippen molar-refractivity contribution in [1.82, 2.24) is 4.57 Å². The zero-order valence-electron chi connectivity index (χ0n) is 18.4. The largest absolute Gasteiger partial charge is 0.481 e. The molecule has 0 atom stereocenters. The van der Waals surface area contributed by atoms with Crippen molar-refractivity contribution in [1.29, 1.82) is 0 Å². The number of carbonyl (C=O) groups excluding carboxylic acids is 1. The van der Waals surface area contributed by atoms with Crippen molar-refractivity contribution in [2.24, 2.45) is 5.73 Å². The van der Waals surface area contributed by atoms with Gasteiger partial charge in [-0.05, 0) is 42.5 Å². The number of carboxylic acid groups (broad SMARTS) is 1. The molecule has 5 rings (SSSR count). The first-order valence-electron chi connectivity index (χ1n) is 10.6. The van der Waals surface area contributed by atoms with Crippen LogP contribution in [-0.4, -0.2) is 28.2 Å². The summed E-state index contributed by atoms with van der Waals surface area (Å²) >= 11 is 0. The third kappa shape index (κ3) is 3.92. The Labute approximate surface area is 201 Å². The molecule has 0 spiro atoms. The first kappa shape index (κ1) is 23.0. The molecule has 0 aliphatic carbocycles. The Morgan fingerprint density at radius 3 is 2.50 bits per heavy atom. The smallest absolute Gasteiger partial charge is 0.341 e. The van der Waals surface area contributed by atoms with Crippen molar-refractivity contribution in [3.8, 4) is 17.1 Å². The Balaban J connectivity index is 1.88. The van der Waals surface area contributed by atoms with E-state index >= 15 is 0 Å². The number of nitrogens with two attached hydrogens (primary N) is 1. The lowest BCUT2D eigenvalue weighted by atomic mass is 10.0. The van der Waals surface area contributed by atoms with Gasteiger partial charge in [-0.2, -0.15) is 0 Å². The fraction of sp³-hybridized carbons (Fsp3) is 0.0769. The summed E-state index contributed by atoms with van der Waals surface area (Å²) in [6.45, 7) is -1.01. The van der Waals surface area contributed by atoms with Gasteiger partial charge in [0.2, 0.25) is 5.91 Å². The predicted octanol–water partition coefficient (Wildman–Crippen LogP) is 5.08. The maximum Gasteiger partial charge on any atom is 0.341 e. The van der Waals surface area contributed by atoms with Gasteiger partial charge in [0, 0.05) is 28.1 Å². The highest BCUT2D eigenvalue weighted by atomic mass is 19.2. The summed E-state index contributed by atoms with van der Waals surface area (Å²) in [4.78, 5) is 23.6. The van der Waals surface area contributed by atoms with Crippen molar-refractivity contribution in [3.63, 3.8) is 0 Å². The molecule has 0 aliphatic heterocycles. The van der Waals surface area contributed by atoms with E-state index in [1.54, 1.807) is 41.0 Å². The van der Waals surface area contributed by atoms with Crippen molar-refractivity contribution < 1.29 is 37.0 Å². The van der Waals surface area contributed by atoms with Crippen LogP contribution < -0.4 is 10.5 Å². The Morgan fingerprint density at radius 1 is 1.00 bits per heavy atom. The maximum absolute atomic E-state index is 14.6. The van der Waals surface area contributed by atoms with Gasteiger partial charge in [-0.15, -0.1) is 0 Å². The quantitative estimate of drug-likeness (QED) is 0.307. The van der Waals surface area contributed by atoms with Crippen molar-refractivity contribution in [3.05, 3.63) is 89.4 Å². The molecule has 0 radical (unpaired) electrons. The van der Waals surface area contributed by atoms with Crippen LogP contribution in [0.2, 0.25) is 0 Å². The van der Waals surface area contributed by atoms with Crippen LogP contribution in [0.25, 0.3) is 33.1 Å². The van der Waals surface area contributed by atoms with Gasteiger partial charge in [0.15, 0.2) is 18.2 Å². The lowest BCUT2D eigenvalue weighted by molar-refractivity contribution is -0.139. The third-order valence-electron chi connectivity index (χ3n) is 5.77. The Morgan fingerprint density at radius 2 is 1.81 bits per heavy atom. The molecule has 182 valence electrons. The number of ether oxygens (including phenoxy) is 1. The van der Waals surface area contributed by atoms with E-state index in [0.29, 0.717) is 39.2 Å². The van der Waals surface area contributed by atoms with Gasteiger partial charge in [-0.1, -0.05) is 6.07 Å². The van der Waals surface area contributed by atoms with E-state index in [2.05, 4.69) is 0 Å². The number of aliphatic carboxylic acids is 1. The first-order chi connectivity index (χ1) is 17.2. The Hall–Kier alpha value is -4.73. The van der Waals surface area contributed by atoms with Crippen molar-refractivity contribution in [2.75, 3.05) is 6.61 Å². The SMILES string of the molecule is NC(=O)c1cccc2c1c1c(OCC(=O)O)cc(-c3ccco3)cc1n2Cc1cc(F)cc(F)c1F. The minimum Gasteiger partial charge on any atom is -0.481 e. The second-order valence-corrected chi connectivity index (χ2v) is 8.04. The van der Waals surface area contributed by atoms with Crippen molar-refractivity contribution >= 4 is 33.7 Å². The number of benzene rings is 3. The van der Waals surface area contributed by atoms with Crippen LogP contribution >= 0.6 is 0 Å². The normalized spacial score (nSPS) is 11.3. The number of furan rings is 1. The molecule has 2 aromatic heterocycles. The zero-order valence-corrected chi connectivity index (χ0v) is 18.4. The fourth-order valence-corrected chi connectivity index (χ4v) is 4.33. The van der Waals surface area contributed by atoms with Crippen molar-refractivity contribution in [2.45, 2.75) is 6.54 Å². The highest BCUT2D eigenvalue weighted by Gasteiger charge is 2.23. The molecule has 0 aliphatic rings. The van der Waals surface area contributed by atoms with E-state index in [0.717, 1.165) is 6.07 Å². The molecule has 0 saturated carbocycles. The van der Waals surface area contributed by atoms with E-state index in [4.69, 9.17) is 14.9 Å². The number of fused-ring (bicyclic) bond motifs is 3. The summed E-state index contributed by atoms with van der Waals surface area (Å²) in [6, 6.07) is 12.5. The topological polar surface area (TPSA) is 108 Å². The molecular weight excluding hydrogens is 477 g/mol. The summed E-state index contributed by atoms with van der Waals surface area (Å²) in [5.74, 6) is -4.99. The number of carbonyl (C=O) groups is 2. The highest BCUT2D eigenvalue weighted by Crippen LogP contribution is 2.41. The number of primary amides is 1. The van der Waals surface area contributed by atoms with E-state index in [-0.39, 0.29) is 23.4 Å². The molecule has 36 heavy (non-hydrogen) atoms. The fourth-order valence-electron chi connectivity index (χ4n) is 4.33. The second kappa shape index (κ2) is 8.81. The molecule has 0 unspecified atom stereocenters. The lowest BCUT2D eigenvalue weighted by Gasteiger charge is -2.12. The Kier molecular flexibility index (Phi) is 5.63. The van der Waals surface area contributed by atoms with Gasteiger partial charge >= 0.3 is 5.97 Å². The molecular formula is C26H17F3N2O5. The van der Waals surface area contributed by atoms with Gasteiger partial charge in [-0.25, -0.2) is 18.0 Å². The monoisotopic (exact) mass is 494 g/mol. The predicted molar refractivity (Wildman–Crippen MR) is 124 cm³/mol. The molecule has 1 amide bonds. The summed E-state index contributed by atoms with van der Waals surface area (Å²) in [6.07, 6.45) is 1.45. The van der Waals surface area contributed by atoms with Crippen LogP contribution in [0.3, 0.4) is 0 Å². The van der Waals surface area contributed by atoms with Crippen LogP contribution in [0.4, 0.5) is 13.2 Å². The summed E-state index contributed by atoms with van der Waals surface area (Å²) in [7, 11) is 0. The second-order valence-electron chi connectivity index (χ2n) is 8.04. The third-order valence-corrected chi connectivity index (χ3v) is 5.77. The number of halogens is 3. The first-order valence-corrected chi connectivity index (χ1v) is 10.6. The van der Waals surface area contributed by atoms with E-state index in [1.165, 1.54) is 12.3 Å². The van der Waals surface area contributed by atoms with E-state index in [1.807, 2.05) is 0 Å². The van der Waals surface area contributed by atoms with Crippen LogP contribution in [0.5, 0.6) is 5.75 Å². The van der Waals surface area contributed by atoms with Crippen LogP contribution in [0.1, 0.15) is 15.9 Å². The minimum atomic E-state index is -1.34. The summed E-state index contributed by atoms with van der Waals surface area (Å²) in [5, 5.41) is 9.85. The molecule has 7 nitrogen and oxygen atoms in total. The molecule has 10 heteroatoms. The van der Waals surface area contributed by atoms with Crippen LogP contribution in [0, 0.1) is 17.5 Å². The van der Waals surface area contributed by atoms with Gasteiger partial charge in [-0.3, -0.25) is 4.79 Å². The van der Waals surface area contributed by atoms with Gasteiger partial charge < -0.3 is 24.6 Å². The molecule has 0 saturated heterocycles. The van der Waals surface area contributed by atoms with E-state index in [9.17, 15) is 27.9 Å². The number of nitrogens with zero attached hydrogens (tertiary/aromatic N) is 1. The Bertz CT molecular complexity index is 1660. The molecule has 3 N–H and O–H groups in total. The molecule has 2 heterocycles. The number of amides is 1. The number of aromatic nitrogens is 1. The van der Waals surface area contributed by atoms with Gasteiger partial charge in [0.05, 0.1) is 29.2 Å². The maximum atomic E-state index is 14.6. The number of rotatable bonds is 7. The van der Waals surface area contributed by atoms with E-state index < -0.39 is 35.9 Å². The highest BCUT2D eigenvalue weighted by molar-refractivity contribution is 6.20. The average molecular weight is 494 g/mol. The molecule has 5 aromatic rings. The zero-order chi connectivity index (χ0) is 25.6. The van der Waals surface area contributed by atoms with Gasteiger partial charge in [0.25, 0.3) is 0 Å². The summed E-state index contributed by atoms with van der Waals surface area (Å²) < 4.78 is 55.2. The number of hydrogen-bond acceptors (Lipinski definition) is 4. The van der Waals surface area contributed by atoms with Gasteiger partial charge in [0.1, 0.15) is 17.3 Å². The standard InChI is InChI=1S/C26H17F3N2O5/c27-15-7-14(25(29)17(28)10-15)11-31-18-4-1-3-16(26(30)34)23(18)24-19(31)8-13(20-5-2-6-35-20)9-21(24)36-12-22(32)33/h1-10H,11-12H2,(H2,30,34)(H,32,33). The molecule has 0 bridgehead atoms. The lowest BCUT2D eigenvalue weighted by Crippen LogP contribution is -2.11. The number of hydrogen-bond donors (Lipinski definition) is 2. The molecule has 0 fully saturated rings. The molecule has 3 aromatic carbocycles. The van der Waals surface area contributed by atoms with Crippen LogP contribution in [-0.2, 0) is 11.3 Å². The summed E-state index contributed by atoms with van der Waals surface area (Å²) in [5.41, 5.74) is 6.70. The minimum absolute atomic E-state index is 0.102. The van der Waals surface area contributed by atoms with Crippen LogP contribution in [0.15, 0.2) is 65.3 Å². The average Bonchev–Trinajstić information content (AvgIpc) is 3.48.